The Hall–Kier alpha value is -3.06. The Bertz CT molecular complexity index is 921. The van der Waals surface area contributed by atoms with Gasteiger partial charge in [0, 0.05) is 11.2 Å². The number of nitriles is 1. The van der Waals surface area contributed by atoms with E-state index in [-0.39, 0.29) is 11.0 Å². The van der Waals surface area contributed by atoms with E-state index >= 15 is 0 Å². The monoisotopic (exact) mass is 290 g/mol. The summed E-state index contributed by atoms with van der Waals surface area (Å²) in [5, 5.41) is 9.54. The number of aromatic nitrogens is 1. The second kappa shape index (κ2) is 5.74. The van der Waals surface area contributed by atoms with Crippen LogP contribution in [0.1, 0.15) is 16.8 Å². The predicted octanol–water partition coefficient (Wildman–Crippen LogP) is 3.29. The van der Waals surface area contributed by atoms with Crippen LogP contribution in [0.25, 0.3) is 10.9 Å². The summed E-state index contributed by atoms with van der Waals surface area (Å²) in [7, 11) is 0. The Labute approximate surface area is 127 Å². The highest BCUT2D eigenvalue weighted by Gasteiger charge is 2.09. The van der Waals surface area contributed by atoms with Crippen molar-refractivity contribution in [3.05, 3.63) is 75.6 Å². The molecule has 0 atom stereocenters. The maximum Gasteiger partial charge on any atom is 0.207 e. The molecule has 0 saturated heterocycles. The third-order valence-corrected chi connectivity index (χ3v) is 3.52. The van der Waals surface area contributed by atoms with Crippen molar-refractivity contribution in [1.82, 2.24) is 4.98 Å². The summed E-state index contributed by atoms with van der Waals surface area (Å²) in [5.74, 6) is 0.606. The molecule has 4 heteroatoms. The van der Waals surface area contributed by atoms with Crippen LogP contribution in [0.3, 0.4) is 0 Å². The molecule has 0 spiro atoms. The van der Waals surface area contributed by atoms with Crippen LogP contribution in [0, 0.1) is 18.3 Å². The number of H-pyrrole nitrogens is 1. The second-order valence-corrected chi connectivity index (χ2v) is 5.05. The number of benzene rings is 2. The Kier molecular flexibility index (Phi) is 3.63. The fourth-order valence-electron chi connectivity index (χ4n) is 2.36. The van der Waals surface area contributed by atoms with Crippen molar-refractivity contribution in [2.24, 2.45) is 0 Å². The van der Waals surface area contributed by atoms with E-state index in [0.29, 0.717) is 29.0 Å². The first kappa shape index (κ1) is 13.9. The van der Waals surface area contributed by atoms with E-state index in [1.54, 1.807) is 19.1 Å². The van der Waals surface area contributed by atoms with Gasteiger partial charge in [0.25, 0.3) is 0 Å². The number of aryl methyl sites for hydroxylation is 1. The summed E-state index contributed by atoms with van der Waals surface area (Å²) in [6, 6.07) is 17.0. The van der Waals surface area contributed by atoms with Crippen LogP contribution >= 0.6 is 0 Å². The Morgan fingerprint density at radius 2 is 1.95 bits per heavy atom. The molecule has 1 N–H and O–H groups in total. The summed E-state index contributed by atoms with van der Waals surface area (Å²) in [6.07, 6.45) is 0. The molecule has 0 radical (unpaired) electrons. The Morgan fingerprint density at radius 1 is 1.18 bits per heavy atom. The molecule has 4 nitrogen and oxygen atoms in total. The van der Waals surface area contributed by atoms with E-state index in [1.165, 1.54) is 0 Å². The van der Waals surface area contributed by atoms with Crippen molar-refractivity contribution < 1.29 is 4.74 Å². The number of aromatic amines is 1. The number of rotatable bonds is 3. The zero-order valence-corrected chi connectivity index (χ0v) is 12.1. The molecule has 3 rings (SSSR count). The zero-order valence-electron chi connectivity index (χ0n) is 12.1. The minimum Gasteiger partial charge on any atom is -0.489 e. The van der Waals surface area contributed by atoms with Gasteiger partial charge in [-0.05, 0) is 30.7 Å². The van der Waals surface area contributed by atoms with Gasteiger partial charge < -0.3 is 9.72 Å². The molecule has 0 aliphatic rings. The highest BCUT2D eigenvalue weighted by atomic mass is 16.5. The molecule has 1 aromatic heterocycles. The molecule has 22 heavy (non-hydrogen) atoms. The highest BCUT2D eigenvalue weighted by molar-refractivity contribution is 5.81. The number of hydrogen-bond acceptors (Lipinski definition) is 3. The van der Waals surface area contributed by atoms with Crippen molar-refractivity contribution in [2.75, 3.05) is 0 Å². The number of hydrogen-bond donors (Lipinski definition) is 1. The molecular formula is C18H14N2O2. The van der Waals surface area contributed by atoms with Gasteiger partial charge in [-0.2, -0.15) is 5.26 Å². The topological polar surface area (TPSA) is 65.9 Å². The third kappa shape index (κ3) is 2.57. The first-order valence-electron chi connectivity index (χ1n) is 6.92. The van der Waals surface area contributed by atoms with Crippen LogP contribution in [0.5, 0.6) is 5.75 Å². The van der Waals surface area contributed by atoms with Crippen LogP contribution < -0.4 is 10.2 Å². The molecule has 0 unspecified atom stereocenters. The second-order valence-electron chi connectivity index (χ2n) is 5.05. The fourth-order valence-corrected chi connectivity index (χ4v) is 2.36. The predicted molar refractivity (Wildman–Crippen MR) is 84.8 cm³/mol. The first-order chi connectivity index (χ1) is 10.7. The normalized spacial score (nSPS) is 10.4. The van der Waals surface area contributed by atoms with Crippen molar-refractivity contribution in [2.45, 2.75) is 13.5 Å². The molecule has 0 bridgehead atoms. The summed E-state index contributed by atoms with van der Waals surface area (Å²) in [5.41, 5.74) is 2.22. The Morgan fingerprint density at radius 3 is 2.68 bits per heavy atom. The van der Waals surface area contributed by atoms with Crippen molar-refractivity contribution in [3.8, 4) is 11.8 Å². The zero-order chi connectivity index (χ0) is 15.5. The Balaban J connectivity index is 1.96. The van der Waals surface area contributed by atoms with Gasteiger partial charge in [0.15, 0.2) is 0 Å². The summed E-state index contributed by atoms with van der Waals surface area (Å²) >= 11 is 0. The number of fused-ring (bicyclic) bond motifs is 1. The summed E-state index contributed by atoms with van der Waals surface area (Å²) in [4.78, 5) is 15.4. The molecule has 0 saturated carbocycles. The highest BCUT2D eigenvalue weighted by Crippen LogP contribution is 2.19. The standard InChI is InChI=1S/C18H14N2O2/c1-12-16(10-19)18(21)15-9-14(7-8-17(15)20-12)22-11-13-5-3-2-4-6-13/h2-9H,11H2,1H3,(H,20,21). The quantitative estimate of drug-likeness (QED) is 0.805. The first-order valence-corrected chi connectivity index (χ1v) is 6.92. The molecule has 1 heterocycles. The minimum atomic E-state index is -0.265. The summed E-state index contributed by atoms with van der Waals surface area (Å²) < 4.78 is 5.72. The van der Waals surface area contributed by atoms with Crippen LogP contribution in [0.2, 0.25) is 0 Å². The molecule has 108 valence electrons. The number of pyridine rings is 1. The lowest BCUT2D eigenvalue weighted by atomic mass is 10.1. The van der Waals surface area contributed by atoms with Crippen LogP contribution in [0.4, 0.5) is 0 Å². The molecule has 0 aliphatic carbocycles. The fraction of sp³-hybridized carbons (Fsp3) is 0.111. The van der Waals surface area contributed by atoms with E-state index in [2.05, 4.69) is 4.98 Å². The van der Waals surface area contributed by atoms with Gasteiger partial charge in [0.2, 0.25) is 5.43 Å². The van der Waals surface area contributed by atoms with Crippen LogP contribution in [-0.2, 0) is 6.61 Å². The maximum atomic E-state index is 12.3. The van der Waals surface area contributed by atoms with Gasteiger partial charge in [-0.3, -0.25) is 4.79 Å². The van der Waals surface area contributed by atoms with E-state index in [1.807, 2.05) is 42.5 Å². The molecule has 3 aromatic rings. The molecule has 0 aliphatic heterocycles. The van der Waals surface area contributed by atoms with Gasteiger partial charge in [-0.15, -0.1) is 0 Å². The van der Waals surface area contributed by atoms with E-state index in [9.17, 15) is 4.79 Å². The van der Waals surface area contributed by atoms with Gasteiger partial charge in [-0.1, -0.05) is 30.3 Å². The molecule has 0 amide bonds. The van der Waals surface area contributed by atoms with Gasteiger partial charge >= 0.3 is 0 Å². The largest absolute Gasteiger partial charge is 0.489 e. The van der Waals surface area contributed by atoms with Gasteiger partial charge in [0.1, 0.15) is 24.0 Å². The van der Waals surface area contributed by atoms with E-state index in [4.69, 9.17) is 10.00 Å². The van der Waals surface area contributed by atoms with E-state index in [0.717, 1.165) is 5.56 Å². The third-order valence-electron chi connectivity index (χ3n) is 3.52. The lowest BCUT2D eigenvalue weighted by molar-refractivity contribution is 0.306. The number of nitrogens with one attached hydrogen (secondary N) is 1. The lowest BCUT2D eigenvalue weighted by Crippen LogP contribution is -2.10. The average Bonchev–Trinajstić information content (AvgIpc) is 2.54. The minimum absolute atomic E-state index is 0.146. The molecular weight excluding hydrogens is 276 g/mol. The van der Waals surface area contributed by atoms with Gasteiger partial charge in [0.05, 0.1) is 5.39 Å². The van der Waals surface area contributed by atoms with Crippen LogP contribution in [0.15, 0.2) is 53.3 Å². The van der Waals surface area contributed by atoms with Crippen molar-refractivity contribution >= 4 is 10.9 Å². The number of nitrogens with zero attached hydrogens (tertiary/aromatic N) is 1. The van der Waals surface area contributed by atoms with E-state index < -0.39 is 0 Å². The summed E-state index contributed by atoms with van der Waals surface area (Å²) in [6.45, 7) is 2.15. The van der Waals surface area contributed by atoms with Crippen LogP contribution in [-0.4, -0.2) is 4.98 Å². The van der Waals surface area contributed by atoms with Gasteiger partial charge in [-0.25, -0.2) is 0 Å². The van der Waals surface area contributed by atoms with Crippen molar-refractivity contribution in [3.63, 3.8) is 0 Å². The lowest BCUT2D eigenvalue weighted by Gasteiger charge is -2.08. The van der Waals surface area contributed by atoms with Crippen molar-refractivity contribution in [1.29, 1.82) is 5.26 Å². The molecule has 0 fully saturated rings. The maximum absolute atomic E-state index is 12.3. The average molecular weight is 290 g/mol. The number of ether oxygens (including phenoxy) is 1. The smallest absolute Gasteiger partial charge is 0.207 e. The SMILES string of the molecule is Cc1[nH]c2ccc(OCc3ccccc3)cc2c(=O)c1C#N. The molecule has 2 aromatic carbocycles.